The molecular weight excluding hydrogens is 1080 g/mol. The zero-order valence-corrected chi connectivity index (χ0v) is 59.7. The highest BCUT2D eigenvalue weighted by Crippen LogP contribution is 2.38. The highest BCUT2D eigenvalue weighted by Gasteiger charge is 2.23. The van der Waals surface area contributed by atoms with Gasteiger partial charge in [-0.3, -0.25) is 9.36 Å². The van der Waals surface area contributed by atoms with Crippen molar-refractivity contribution in [3.05, 3.63) is 24.3 Å². The van der Waals surface area contributed by atoms with Crippen molar-refractivity contribution in [1.29, 1.82) is 0 Å². The van der Waals surface area contributed by atoms with E-state index in [9.17, 15) is 19.4 Å². The molecule has 512 valence electrons. The number of nitrogens with zero attached hydrogens (tertiary/aromatic N) is 1. The molecule has 0 radical (unpaired) electrons. The van der Waals surface area contributed by atoms with Gasteiger partial charge in [0.15, 0.2) is 0 Å². The number of nitrogens with one attached hydrogen (secondary N) is 1. The van der Waals surface area contributed by atoms with E-state index >= 15 is 0 Å². The second-order valence-corrected chi connectivity index (χ2v) is 29.5. The van der Waals surface area contributed by atoms with Crippen molar-refractivity contribution in [2.45, 2.75) is 424 Å². The van der Waals surface area contributed by atoms with Gasteiger partial charge in [-0.25, -0.2) is 0 Å². The fourth-order valence-electron chi connectivity index (χ4n) is 12.2. The topological polar surface area (TPSA) is 108 Å². The lowest BCUT2D eigenvalue weighted by molar-refractivity contribution is -0.870. The predicted molar refractivity (Wildman–Crippen MR) is 376 cm³/mol. The number of hydrogen-bond donors (Lipinski definition) is 2. The van der Waals surface area contributed by atoms with Crippen molar-refractivity contribution < 1.29 is 32.9 Å². The molecule has 0 saturated carbocycles. The van der Waals surface area contributed by atoms with Crippen LogP contribution >= 0.6 is 7.82 Å². The Morgan fingerprint density at radius 3 is 0.942 bits per heavy atom. The lowest BCUT2D eigenvalue weighted by Gasteiger charge is -2.29. The minimum atomic E-state index is -4.61. The maximum atomic E-state index is 13.1. The Bertz CT molecular complexity index is 1450. The van der Waals surface area contributed by atoms with Crippen LogP contribution in [0.3, 0.4) is 0 Å². The number of unbranched alkanes of at least 4 members (excludes halogenated alkanes) is 58. The van der Waals surface area contributed by atoms with Crippen LogP contribution in [0.1, 0.15) is 412 Å². The van der Waals surface area contributed by atoms with E-state index in [0.717, 1.165) is 38.5 Å². The molecular formula is C77H153N2O6P. The van der Waals surface area contributed by atoms with Crippen LogP contribution in [-0.2, 0) is 18.4 Å². The molecule has 0 aromatic rings. The summed E-state index contributed by atoms with van der Waals surface area (Å²) in [5, 5.41) is 14.0. The molecule has 0 aromatic carbocycles. The minimum absolute atomic E-state index is 0.00330. The summed E-state index contributed by atoms with van der Waals surface area (Å²) in [6.45, 7) is 4.70. The zero-order valence-electron chi connectivity index (χ0n) is 58.8. The molecule has 2 N–H and O–H groups in total. The summed E-state index contributed by atoms with van der Waals surface area (Å²) in [6, 6.07) is -0.902. The Labute approximate surface area is 538 Å². The number of rotatable bonds is 73. The van der Waals surface area contributed by atoms with Crippen molar-refractivity contribution in [1.82, 2.24) is 5.32 Å². The summed E-state index contributed by atoms with van der Waals surface area (Å²) in [5.74, 6) is -0.197. The largest absolute Gasteiger partial charge is 0.756 e. The number of phosphoric ester groups is 1. The number of carbonyl (C=O) groups excluding carboxylic acids is 1. The summed E-state index contributed by atoms with van der Waals surface area (Å²) in [7, 11) is 1.27. The van der Waals surface area contributed by atoms with Crippen molar-refractivity contribution in [2.75, 3.05) is 40.9 Å². The number of likely N-dealkylation sites (N-methyl/N-ethyl adjacent to an activating group) is 1. The standard InChI is InChI=1S/C77H153N2O6P/c1-6-8-10-12-14-16-18-20-22-24-26-28-30-32-34-36-37-38-39-40-41-42-43-45-47-49-51-53-55-57-59-61-63-65-67-69-71-77(81)78-75(74-85-86(82,83)84-73-72-79(3,4)5)76(80)70-68-66-64-62-60-58-56-54-52-50-48-46-44-35-33-31-29-27-25-23-21-19-17-15-13-11-9-7-2/h60,62,68,70,75-76,80H,6-59,61,63-67,69,71-74H2,1-5H3,(H-,78,81,82,83)/b62-60+,70-68+. The third kappa shape index (κ3) is 70.4. The highest BCUT2D eigenvalue weighted by atomic mass is 31.2. The summed E-state index contributed by atoms with van der Waals surface area (Å²) in [5.41, 5.74) is 0. The van der Waals surface area contributed by atoms with Crippen LogP contribution in [0, 0.1) is 0 Å². The Hall–Kier alpha value is -1.02. The lowest BCUT2D eigenvalue weighted by atomic mass is 10.0. The van der Waals surface area contributed by atoms with E-state index < -0.39 is 20.0 Å². The van der Waals surface area contributed by atoms with Crippen LogP contribution in [0.15, 0.2) is 24.3 Å². The number of allylic oxidation sites excluding steroid dienone is 3. The first-order valence-corrected chi connectivity index (χ1v) is 40.2. The third-order valence-corrected chi connectivity index (χ3v) is 19.1. The maximum absolute atomic E-state index is 13.1. The molecule has 3 atom stereocenters. The van der Waals surface area contributed by atoms with Crippen LogP contribution in [0.4, 0.5) is 0 Å². The van der Waals surface area contributed by atoms with E-state index in [1.165, 1.54) is 353 Å². The van der Waals surface area contributed by atoms with Crippen LogP contribution in [0.25, 0.3) is 0 Å². The molecule has 8 nitrogen and oxygen atoms in total. The molecule has 0 bridgehead atoms. The molecule has 86 heavy (non-hydrogen) atoms. The van der Waals surface area contributed by atoms with Gasteiger partial charge in [0.25, 0.3) is 7.82 Å². The molecule has 9 heteroatoms. The normalized spacial score (nSPS) is 13.6. The van der Waals surface area contributed by atoms with Gasteiger partial charge in [0.2, 0.25) is 5.91 Å². The zero-order chi connectivity index (χ0) is 62.6. The van der Waals surface area contributed by atoms with Gasteiger partial charge in [-0.15, -0.1) is 0 Å². The summed E-state index contributed by atoms with van der Waals surface area (Å²) < 4.78 is 23.5. The van der Waals surface area contributed by atoms with Crippen LogP contribution in [0.5, 0.6) is 0 Å². The molecule has 1 amide bonds. The van der Waals surface area contributed by atoms with Crippen molar-refractivity contribution in [3.8, 4) is 0 Å². The fourth-order valence-corrected chi connectivity index (χ4v) is 12.9. The second-order valence-electron chi connectivity index (χ2n) is 28.1. The molecule has 0 aliphatic heterocycles. The first-order valence-electron chi connectivity index (χ1n) is 38.7. The van der Waals surface area contributed by atoms with E-state index in [1.54, 1.807) is 6.08 Å². The van der Waals surface area contributed by atoms with Gasteiger partial charge in [0.05, 0.1) is 39.9 Å². The first-order chi connectivity index (χ1) is 42.0. The van der Waals surface area contributed by atoms with E-state index in [0.29, 0.717) is 17.4 Å². The highest BCUT2D eigenvalue weighted by molar-refractivity contribution is 7.45. The number of aliphatic hydroxyl groups is 1. The van der Waals surface area contributed by atoms with Crippen molar-refractivity contribution in [2.24, 2.45) is 0 Å². The van der Waals surface area contributed by atoms with E-state index in [4.69, 9.17) is 9.05 Å². The number of aliphatic hydroxyl groups excluding tert-OH is 1. The van der Waals surface area contributed by atoms with E-state index in [1.807, 2.05) is 27.2 Å². The Kier molecular flexibility index (Phi) is 67.5. The number of phosphoric acid groups is 1. The molecule has 0 aliphatic rings. The van der Waals surface area contributed by atoms with Crippen LogP contribution in [0.2, 0.25) is 0 Å². The maximum Gasteiger partial charge on any atom is 0.268 e. The third-order valence-electron chi connectivity index (χ3n) is 18.2. The summed E-state index contributed by atoms with van der Waals surface area (Å²) in [6.07, 6.45) is 90.6. The molecule has 3 unspecified atom stereocenters. The van der Waals surface area contributed by atoms with Gasteiger partial charge in [-0.05, 0) is 32.1 Å². The number of amides is 1. The Morgan fingerprint density at radius 2 is 0.651 bits per heavy atom. The Balaban J connectivity index is 3.97. The predicted octanol–water partition coefficient (Wildman–Crippen LogP) is 24.4. The number of quaternary nitrogens is 1. The fraction of sp³-hybridized carbons (Fsp3) is 0.935. The van der Waals surface area contributed by atoms with Gasteiger partial charge >= 0.3 is 0 Å². The molecule has 0 saturated heterocycles. The monoisotopic (exact) mass is 1230 g/mol. The Morgan fingerprint density at radius 1 is 0.395 bits per heavy atom. The molecule has 0 heterocycles. The summed E-state index contributed by atoms with van der Waals surface area (Å²) >= 11 is 0. The lowest BCUT2D eigenvalue weighted by Crippen LogP contribution is -2.45. The molecule has 0 fully saturated rings. The van der Waals surface area contributed by atoms with Gasteiger partial charge in [-0.2, -0.15) is 0 Å². The van der Waals surface area contributed by atoms with Gasteiger partial charge < -0.3 is 28.8 Å². The van der Waals surface area contributed by atoms with E-state index in [2.05, 4.69) is 31.3 Å². The van der Waals surface area contributed by atoms with Crippen molar-refractivity contribution >= 4 is 13.7 Å². The van der Waals surface area contributed by atoms with Gasteiger partial charge in [-0.1, -0.05) is 398 Å². The average Bonchev–Trinajstić information content (AvgIpc) is 3.70. The van der Waals surface area contributed by atoms with Crippen LogP contribution in [-0.4, -0.2) is 68.5 Å². The quantitative estimate of drug-likeness (QED) is 0.0272. The summed E-state index contributed by atoms with van der Waals surface area (Å²) in [4.78, 5) is 25.7. The molecule has 0 spiro atoms. The SMILES string of the molecule is CCCCCCCCCCCCCCCCCCCCCCCC/C=C/CC/C=C/C(O)C(COP(=O)([O-])OCC[N+](C)(C)C)NC(=O)CCCCCCCCCCCCCCCCCCCCCCCCCCCCCCCCCCCCCC. The van der Waals surface area contributed by atoms with Crippen LogP contribution < -0.4 is 10.2 Å². The van der Waals surface area contributed by atoms with Gasteiger partial charge in [0.1, 0.15) is 13.2 Å². The van der Waals surface area contributed by atoms with E-state index in [-0.39, 0.29) is 19.1 Å². The van der Waals surface area contributed by atoms with Gasteiger partial charge in [0, 0.05) is 6.42 Å². The minimum Gasteiger partial charge on any atom is -0.756 e. The average molecular weight is 1230 g/mol. The number of carbonyl (C=O) groups is 1. The second kappa shape index (κ2) is 68.3. The molecule has 0 rings (SSSR count). The molecule has 0 aliphatic carbocycles. The van der Waals surface area contributed by atoms with Crippen molar-refractivity contribution in [3.63, 3.8) is 0 Å². The first kappa shape index (κ1) is 85.0. The number of hydrogen-bond acceptors (Lipinski definition) is 6. The smallest absolute Gasteiger partial charge is 0.268 e. The molecule has 0 aromatic heterocycles.